The maximum absolute atomic E-state index is 11.9. The van der Waals surface area contributed by atoms with Crippen LogP contribution in [0.3, 0.4) is 0 Å². The van der Waals surface area contributed by atoms with Gasteiger partial charge in [-0.1, -0.05) is 0 Å². The fraction of sp³-hybridized carbons (Fsp3) is 0.222. The number of rotatable bonds is 7. The van der Waals surface area contributed by atoms with Crippen LogP contribution in [0.1, 0.15) is 23.1 Å². The van der Waals surface area contributed by atoms with E-state index in [1.165, 1.54) is 31.4 Å². The first-order valence-electron chi connectivity index (χ1n) is 7.91. The Bertz CT molecular complexity index is 1060. The number of nitrogens with one attached hydrogen (secondary N) is 1. The largest absolute Gasteiger partial charge is 0.493 e. The smallest absolute Gasteiger partial charge is 0.344 e. The number of esters is 1. The summed E-state index contributed by atoms with van der Waals surface area (Å²) in [5.41, 5.74) is 0.759. The van der Waals surface area contributed by atoms with Crippen molar-refractivity contribution >= 4 is 33.3 Å². The number of Topliss-reactive ketones (excluding diaryl/α,β-unsaturated/α-hetero) is 1. The van der Waals surface area contributed by atoms with E-state index in [1.807, 2.05) is 0 Å². The summed E-state index contributed by atoms with van der Waals surface area (Å²) in [6.45, 7) is 0.906. The molecule has 0 unspecified atom stereocenters. The minimum absolute atomic E-state index is 0.108. The first-order valence-corrected chi connectivity index (χ1v) is 8.79. The molecule has 1 N–H and O–H groups in total. The van der Waals surface area contributed by atoms with Gasteiger partial charge in [0.1, 0.15) is 17.1 Å². The Labute approximate surface area is 157 Å². The number of H-pyrrole nitrogens is 1. The fourth-order valence-corrected chi connectivity index (χ4v) is 3.05. The number of fused-ring (bicyclic) bond motifs is 1. The summed E-state index contributed by atoms with van der Waals surface area (Å²) in [6.07, 6.45) is 0. The number of nitrogens with zero attached hydrogens (tertiary/aromatic N) is 1. The molecule has 0 aliphatic carbocycles. The second-order valence-corrected chi connectivity index (χ2v) is 6.43. The van der Waals surface area contributed by atoms with Gasteiger partial charge in [0.05, 0.1) is 12.6 Å². The summed E-state index contributed by atoms with van der Waals surface area (Å²) in [5.74, 6) is 0.154. The van der Waals surface area contributed by atoms with Crippen molar-refractivity contribution in [1.82, 2.24) is 9.97 Å². The molecule has 0 radical (unpaired) electrons. The molecular formula is C18H16N2O6S. The fourth-order valence-electron chi connectivity index (χ4n) is 2.32. The van der Waals surface area contributed by atoms with Crippen molar-refractivity contribution in [3.63, 3.8) is 0 Å². The highest BCUT2D eigenvalue weighted by Gasteiger charge is 2.12. The molecule has 9 heteroatoms. The van der Waals surface area contributed by atoms with Crippen molar-refractivity contribution in [2.45, 2.75) is 13.5 Å². The standard InChI is InChI=1S/C18H16N2O6S/c1-10(21)11-3-4-13(14(7-11)24-2)25-9-16(22)26-8-15-19-12-5-6-27-17(12)18(23)20-15/h3-7H,8-9H2,1-2H3,(H,19,20,23). The molecule has 2 aromatic heterocycles. The van der Waals surface area contributed by atoms with Gasteiger partial charge in [0.2, 0.25) is 0 Å². The molecule has 0 saturated carbocycles. The van der Waals surface area contributed by atoms with Gasteiger partial charge in [-0.05, 0) is 36.6 Å². The molecule has 0 spiro atoms. The van der Waals surface area contributed by atoms with Crippen LogP contribution in [0.25, 0.3) is 10.2 Å². The van der Waals surface area contributed by atoms with E-state index in [9.17, 15) is 14.4 Å². The zero-order valence-corrected chi connectivity index (χ0v) is 15.4. The predicted octanol–water partition coefficient (Wildman–Crippen LogP) is 2.32. The van der Waals surface area contributed by atoms with Gasteiger partial charge in [0, 0.05) is 5.56 Å². The normalized spacial score (nSPS) is 10.6. The van der Waals surface area contributed by atoms with Gasteiger partial charge in [0.25, 0.3) is 5.56 Å². The molecule has 0 fully saturated rings. The molecule has 1 aromatic carbocycles. The SMILES string of the molecule is COc1cc(C(C)=O)ccc1OCC(=O)OCc1nc2ccsc2c(=O)[nH]1. The van der Waals surface area contributed by atoms with Crippen LogP contribution in [0.5, 0.6) is 11.5 Å². The van der Waals surface area contributed by atoms with Gasteiger partial charge in [-0.3, -0.25) is 9.59 Å². The maximum atomic E-state index is 11.9. The highest BCUT2D eigenvalue weighted by molar-refractivity contribution is 7.17. The number of thiophene rings is 1. The molecule has 8 nitrogen and oxygen atoms in total. The second-order valence-electron chi connectivity index (χ2n) is 5.52. The topological polar surface area (TPSA) is 108 Å². The van der Waals surface area contributed by atoms with Crippen LogP contribution in [0.2, 0.25) is 0 Å². The summed E-state index contributed by atoms with van der Waals surface area (Å²) < 4.78 is 16.2. The van der Waals surface area contributed by atoms with Crippen molar-refractivity contribution in [2.24, 2.45) is 0 Å². The highest BCUT2D eigenvalue weighted by atomic mass is 32.1. The number of aromatic amines is 1. The van der Waals surface area contributed by atoms with Crippen LogP contribution < -0.4 is 15.0 Å². The lowest BCUT2D eigenvalue weighted by molar-refractivity contribution is -0.147. The maximum Gasteiger partial charge on any atom is 0.344 e. The van der Waals surface area contributed by atoms with Crippen LogP contribution in [0.4, 0.5) is 0 Å². The van der Waals surface area contributed by atoms with Crippen LogP contribution in [0.15, 0.2) is 34.4 Å². The van der Waals surface area contributed by atoms with Crippen molar-refractivity contribution in [3.05, 3.63) is 51.4 Å². The Kier molecular flexibility index (Phi) is 5.51. The molecule has 27 heavy (non-hydrogen) atoms. The zero-order chi connectivity index (χ0) is 19.4. The van der Waals surface area contributed by atoms with Crippen LogP contribution >= 0.6 is 11.3 Å². The third-order valence-electron chi connectivity index (χ3n) is 3.65. The van der Waals surface area contributed by atoms with E-state index in [1.54, 1.807) is 23.6 Å². The molecule has 0 saturated heterocycles. The van der Waals surface area contributed by atoms with Crippen LogP contribution in [0, 0.1) is 0 Å². The zero-order valence-electron chi connectivity index (χ0n) is 14.6. The van der Waals surface area contributed by atoms with E-state index in [0.717, 1.165) is 0 Å². The monoisotopic (exact) mass is 388 g/mol. The highest BCUT2D eigenvalue weighted by Crippen LogP contribution is 2.28. The Morgan fingerprint density at radius 1 is 1.22 bits per heavy atom. The lowest BCUT2D eigenvalue weighted by Crippen LogP contribution is -2.17. The molecule has 0 bridgehead atoms. The molecule has 0 aliphatic heterocycles. The van der Waals surface area contributed by atoms with E-state index >= 15 is 0 Å². The van der Waals surface area contributed by atoms with Crippen molar-refractivity contribution in [1.29, 1.82) is 0 Å². The number of ketones is 1. The number of hydrogen-bond acceptors (Lipinski definition) is 8. The Morgan fingerprint density at radius 3 is 2.78 bits per heavy atom. The number of carbonyl (C=O) groups excluding carboxylic acids is 2. The Hall–Kier alpha value is -3.20. The van der Waals surface area contributed by atoms with Crippen LogP contribution in [-0.4, -0.2) is 35.4 Å². The molecule has 2 heterocycles. The summed E-state index contributed by atoms with van der Waals surface area (Å²) in [4.78, 5) is 42.0. The van der Waals surface area contributed by atoms with Crippen LogP contribution in [-0.2, 0) is 16.1 Å². The lowest BCUT2D eigenvalue weighted by Gasteiger charge is -2.11. The summed E-state index contributed by atoms with van der Waals surface area (Å²) in [5, 5.41) is 1.77. The van der Waals surface area contributed by atoms with E-state index in [2.05, 4.69) is 9.97 Å². The van der Waals surface area contributed by atoms with Gasteiger partial charge in [-0.2, -0.15) is 0 Å². The summed E-state index contributed by atoms with van der Waals surface area (Å²) in [6, 6.07) is 6.39. The summed E-state index contributed by atoms with van der Waals surface area (Å²) >= 11 is 1.29. The van der Waals surface area contributed by atoms with E-state index in [0.29, 0.717) is 27.3 Å². The molecule has 0 amide bonds. The molecule has 0 atom stereocenters. The third-order valence-corrected chi connectivity index (χ3v) is 4.55. The lowest BCUT2D eigenvalue weighted by atomic mass is 10.1. The first kappa shape index (κ1) is 18.6. The molecule has 3 rings (SSSR count). The average Bonchev–Trinajstić information content (AvgIpc) is 3.13. The van der Waals surface area contributed by atoms with E-state index < -0.39 is 5.97 Å². The molecular weight excluding hydrogens is 372 g/mol. The van der Waals surface area contributed by atoms with Crippen molar-refractivity contribution < 1.29 is 23.8 Å². The molecule has 140 valence electrons. The van der Waals surface area contributed by atoms with E-state index in [4.69, 9.17) is 14.2 Å². The van der Waals surface area contributed by atoms with Crippen molar-refractivity contribution in [2.75, 3.05) is 13.7 Å². The first-order chi connectivity index (χ1) is 13.0. The summed E-state index contributed by atoms with van der Waals surface area (Å²) in [7, 11) is 1.44. The van der Waals surface area contributed by atoms with Gasteiger partial charge >= 0.3 is 5.97 Å². The number of aromatic nitrogens is 2. The number of methoxy groups -OCH3 is 1. The number of ether oxygens (including phenoxy) is 3. The van der Waals surface area contributed by atoms with Crippen molar-refractivity contribution in [3.8, 4) is 11.5 Å². The van der Waals surface area contributed by atoms with E-state index in [-0.39, 0.29) is 30.4 Å². The van der Waals surface area contributed by atoms with Gasteiger partial charge in [0.15, 0.2) is 23.9 Å². The van der Waals surface area contributed by atoms with Gasteiger partial charge in [-0.25, -0.2) is 9.78 Å². The predicted molar refractivity (Wildman–Crippen MR) is 98.5 cm³/mol. The minimum Gasteiger partial charge on any atom is -0.493 e. The quantitative estimate of drug-likeness (QED) is 0.489. The number of benzene rings is 1. The Morgan fingerprint density at radius 2 is 2.04 bits per heavy atom. The minimum atomic E-state index is -0.638. The molecule has 3 aromatic rings. The van der Waals surface area contributed by atoms with Gasteiger partial charge < -0.3 is 19.2 Å². The second kappa shape index (κ2) is 8.00. The van der Waals surface area contributed by atoms with Gasteiger partial charge in [-0.15, -0.1) is 11.3 Å². The Balaban J connectivity index is 1.59. The number of carbonyl (C=O) groups is 2. The average molecular weight is 388 g/mol. The third kappa shape index (κ3) is 4.32. The number of hydrogen-bond donors (Lipinski definition) is 1. The molecule has 0 aliphatic rings.